The Balaban J connectivity index is 2.99. The van der Waals surface area contributed by atoms with E-state index in [1.165, 1.54) is 6.07 Å². The third-order valence-corrected chi connectivity index (χ3v) is 2.74. The molecule has 2 nitrogen and oxygen atoms in total. The summed E-state index contributed by atoms with van der Waals surface area (Å²) in [6, 6.07) is 4.73. The molecule has 0 fully saturated rings. The third kappa shape index (κ3) is 3.06. The van der Waals surface area contributed by atoms with E-state index in [0.717, 1.165) is 5.56 Å². The fourth-order valence-corrected chi connectivity index (χ4v) is 1.46. The standard InChI is InChI=1S/C11H14ClF2NO/c1-11(2,6-15)7-3-4-9(8(12)5-7)16-10(13)14/h3-5,10H,6,15H2,1-2H3. The zero-order chi connectivity index (χ0) is 12.3. The van der Waals surface area contributed by atoms with Crippen LogP contribution in [-0.4, -0.2) is 13.2 Å². The molecule has 0 amide bonds. The van der Waals surface area contributed by atoms with Gasteiger partial charge in [0.15, 0.2) is 0 Å². The van der Waals surface area contributed by atoms with Gasteiger partial charge in [0.05, 0.1) is 5.02 Å². The average molecular weight is 250 g/mol. The molecule has 1 aromatic carbocycles. The van der Waals surface area contributed by atoms with Crippen molar-refractivity contribution in [1.29, 1.82) is 0 Å². The van der Waals surface area contributed by atoms with Crippen LogP contribution in [0, 0.1) is 0 Å². The highest BCUT2D eigenvalue weighted by Gasteiger charge is 2.20. The van der Waals surface area contributed by atoms with Crippen LogP contribution in [0.25, 0.3) is 0 Å². The maximum atomic E-state index is 12.0. The molecule has 16 heavy (non-hydrogen) atoms. The highest BCUT2D eigenvalue weighted by Crippen LogP contribution is 2.31. The summed E-state index contributed by atoms with van der Waals surface area (Å²) < 4.78 is 28.3. The zero-order valence-corrected chi connectivity index (χ0v) is 9.89. The van der Waals surface area contributed by atoms with Crippen LogP contribution in [0.4, 0.5) is 8.78 Å². The van der Waals surface area contributed by atoms with Gasteiger partial charge in [-0.3, -0.25) is 0 Å². The number of benzene rings is 1. The Morgan fingerprint density at radius 2 is 2.06 bits per heavy atom. The van der Waals surface area contributed by atoms with Gasteiger partial charge in [0.25, 0.3) is 0 Å². The van der Waals surface area contributed by atoms with E-state index >= 15 is 0 Å². The molecule has 0 heterocycles. The predicted octanol–water partition coefficient (Wildman–Crippen LogP) is 3.18. The Bertz CT molecular complexity index is 369. The minimum Gasteiger partial charge on any atom is -0.433 e. The first-order chi connectivity index (χ1) is 7.36. The van der Waals surface area contributed by atoms with Crippen LogP contribution in [0.3, 0.4) is 0 Å². The van der Waals surface area contributed by atoms with Gasteiger partial charge < -0.3 is 10.5 Å². The molecule has 0 bridgehead atoms. The molecule has 0 aliphatic rings. The summed E-state index contributed by atoms with van der Waals surface area (Å²) in [6.45, 7) is 1.47. The molecule has 1 aromatic rings. The summed E-state index contributed by atoms with van der Waals surface area (Å²) in [5.41, 5.74) is 6.26. The Hall–Kier alpha value is -0.870. The quantitative estimate of drug-likeness (QED) is 0.890. The molecule has 0 unspecified atom stereocenters. The Kier molecular flexibility index (Phi) is 4.10. The monoisotopic (exact) mass is 249 g/mol. The lowest BCUT2D eigenvalue weighted by atomic mass is 9.85. The maximum Gasteiger partial charge on any atom is 0.387 e. The van der Waals surface area contributed by atoms with Gasteiger partial charge in [-0.1, -0.05) is 31.5 Å². The van der Waals surface area contributed by atoms with Crippen LogP contribution in [0.1, 0.15) is 19.4 Å². The van der Waals surface area contributed by atoms with Crippen LogP contribution < -0.4 is 10.5 Å². The number of rotatable bonds is 4. The minimum absolute atomic E-state index is 0.0201. The molecule has 2 N–H and O–H groups in total. The van der Waals surface area contributed by atoms with Gasteiger partial charge in [-0.15, -0.1) is 0 Å². The summed E-state index contributed by atoms with van der Waals surface area (Å²) in [4.78, 5) is 0. The Morgan fingerprint density at radius 3 is 2.50 bits per heavy atom. The van der Waals surface area contributed by atoms with Crippen molar-refractivity contribution in [2.45, 2.75) is 25.9 Å². The molecule has 5 heteroatoms. The zero-order valence-electron chi connectivity index (χ0n) is 9.14. The number of halogens is 3. The highest BCUT2D eigenvalue weighted by molar-refractivity contribution is 6.32. The van der Waals surface area contributed by atoms with E-state index in [0.29, 0.717) is 6.54 Å². The van der Waals surface area contributed by atoms with Crippen LogP contribution in [0.2, 0.25) is 5.02 Å². The smallest absolute Gasteiger partial charge is 0.387 e. The SMILES string of the molecule is CC(C)(CN)c1ccc(OC(F)F)c(Cl)c1. The molecule has 0 atom stereocenters. The lowest BCUT2D eigenvalue weighted by molar-refractivity contribution is -0.0497. The van der Waals surface area contributed by atoms with E-state index in [2.05, 4.69) is 4.74 Å². The summed E-state index contributed by atoms with van der Waals surface area (Å²) in [7, 11) is 0. The largest absolute Gasteiger partial charge is 0.433 e. The summed E-state index contributed by atoms with van der Waals surface area (Å²) in [5.74, 6) is -0.0201. The molecule has 0 saturated carbocycles. The fourth-order valence-electron chi connectivity index (χ4n) is 1.23. The van der Waals surface area contributed by atoms with Crippen LogP contribution in [-0.2, 0) is 5.41 Å². The maximum absolute atomic E-state index is 12.0. The Labute approximate surface area is 98.3 Å². The van der Waals surface area contributed by atoms with Crippen molar-refractivity contribution < 1.29 is 13.5 Å². The second kappa shape index (κ2) is 4.97. The molecule has 0 saturated heterocycles. The van der Waals surface area contributed by atoms with E-state index in [-0.39, 0.29) is 16.2 Å². The molecular weight excluding hydrogens is 236 g/mol. The minimum atomic E-state index is -2.87. The predicted molar refractivity (Wildman–Crippen MR) is 60.2 cm³/mol. The number of ether oxygens (including phenoxy) is 1. The van der Waals surface area contributed by atoms with Crippen molar-refractivity contribution in [3.8, 4) is 5.75 Å². The first-order valence-corrected chi connectivity index (χ1v) is 5.19. The van der Waals surface area contributed by atoms with Crippen LogP contribution in [0.15, 0.2) is 18.2 Å². The highest BCUT2D eigenvalue weighted by atomic mass is 35.5. The van der Waals surface area contributed by atoms with Crippen LogP contribution >= 0.6 is 11.6 Å². The summed E-state index contributed by atoms with van der Waals surface area (Å²) in [5, 5.41) is 0.166. The number of nitrogens with two attached hydrogens (primary N) is 1. The van der Waals surface area contributed by atoms with Gasteiger partial charge in [0.1, 0.15) is 5.75 Å². The lowest BCUT2D eigenvalue weighted by Crippen LogP contribution is -2.28. The van der Waals surface area contributed by atoms with Gasteiger partial charge >= 0.3 is 6.61 Å². The molecular formula is C11H14ClF2NO. The first kappa shape index (κ1) is 13.2. The van der Waals surface area contributed by atoms with Crippen molar-refractivity contribution in [1.82, 2.24) is 0 Å². The van der Waals surface area contributed by atoms with E-state index in [9.17, 15) is 8.78 Å². The first-order valence-electron chi connectivity index (χ1n) is 4.82. The van der Waals surface area contributed by atoms with Gasteiger partial charge in [-0.2, -0.15) is 8.78 Å². The normalized spacial score (nSPS) is 11.9. The second-order valence-electron chi connectivity index (χ2n) is 4.11. The van der Waals surface area contributed by atoms with Crippen LogP contribution in [0.5, 0.6) is 5.75 Å². The molecule has 0 aliphatic heterocycles. The fraction of sp³-hybridized carbons (Fsp3) is 0.455. The van der Waals surface area contributed by atoms with E-state index in [1.54, 1.807) is 12.1 Å². The molecule has 0 aliphatic carbocycles. The van der Waals surface area contributed by atoms with Crippen molar-refractivity contribution in [2.24, 2.45) is 5.73 Å². The van der Waals surface area contributed by atoms with E-state index in [4.69, 9.17) is 17.3 Å². The van der Waals surface area contributed by atoms with Gasteiger partial charge in [0, 0.05) is 12.0 Å². The van der Waals surface area contributed by atoms with E-state index < -0.39 is 6.61 Å². The third-order valence-electron chi connectivity index (χ3n) is 2.44. The van der Waals surface area contributed by atoms with Crippen molar-refractivity contribution in [2.75, 3.05) is 6.54 Å². The summed E-state index contributed by atoms with van der Waals surface area (Å²) >= 11 is 5.84. The lowest BCUT2D eigenvalue weighted by Gasteiger charge is -2.23. The van der Waals surface area contributed by atoms with Gasteiger partial charge in [-0.05, 0) is 17.7 Å². The average Bonchev–Trinajstić information content (AvgIpc) is 2.20. The molecule has 90 valence electrons. The second-order valence-corrected chi connectivity index (χ2v) is 4.52. The van der Waals surface area contributed by atoms with Crippen molar-refractivity contribution >= 4 is 11.6 Å². The number of alkyl halides is 2. The molecule has 0 aromatic heterocycles. The molecule has 1 rings (SSSR count). The molecule has 0 spiro atoms. The number of hydrogen-bond donors (Lipinski definition) is 1. The van der Waals surface area contributed by atoms with Crippen molar-refractivity contribution in [3.63, 3.8) is 0 Å². The Morgan fingerprint density at radius 1 is 1.44 bits per heavy atom. The number of hydrogen-bond acceptors (Lipinski definition) is 2. The van der Waals surface area contributed by atoms with Gasteiger partial charge in [0.2, 0.25) is 0 Å². The molecule has 0 radical (unpaired) electrons. The summed E-state index contributed by atoms with van der Waals surface area (Å²) in [6.07, 6.45) is 0. The van der Waals surface area contributed by atoms with E-state index in [1.807, 2.05) is 13.8 Å². The van der Waals surface area contributed by atoms with Gasteiger partial charge in [-0.25, -0.2) is 0 Å². The topological polar surface area (TPSA) is 35.2 Å². The van der Waals surface area contributed by atoms with Crippen molar-refractivity contribution in [3.05, 3.63) is 28.8 Å².